The van der Waals surface area contributed by atoms with E-state index in [1.165, 1.54) is 6.07 Å². The Morgan fingerprint density at radius 3 is 2.71 bits per heavy atom. The fourth-order valence-electron chi connectivity index (χ4n) is 2.80. The number of likely N-dealkylation sites (tertiary alicyclic amines) is 1. The van der Waals surface area contributed by atoms with Crippen LogP contribution < -0.4 is 4.74 Å². The van der Waals surface area contributed by atoms with Gasteiger partial charge in [0.1, 0.15) is 23.3 Å². The van der Waals surface area contributed by atoms with Crippen molar-refractivity contribution in [2.24, 2.45) is 0 Å². The predicted octanol–water partition coefficient (Wildman–Crippen LogP) is 2.76. The molecule has 130 valence electrons. The number of aliphatic hydroxyl groups excluding tert-OH is 1. The molecule has 5 nitrogen and oxygen atoms in total. The third kappa shape index (κ3) is 3.53. The van der Waals surface area contributed by atoms with Crippen LogP contribution in [0.1, 0.15) is 31.9 Å². The molecule has 2 aliphatic rings. The van der Waals surface area contributed by atoms with Gasteiger partial charge in [-0.15, -0.1) is 0 Å². The van der Waals surface area contributed by atoms with Crippen LogP contribution in [0.5, 0.6) is 5.75 Å². The lowest BCUT2D eigenvalue weighted by atomic mass is 10.1. The van der Waals surface area contributed by atoms with Crippen LogP contribution in [0, 0.1) is 5.82 Å². The number of ether oxygens (including phenoxy) is 2. The topological polar surface area (TPSA) is 59.0 Å². The Hall–Kier alpha value is -2.08. The summed E-state index contributed by atoms with van der Waals surface area (Å²) >= 11 is 0. The van der Waals surface area contributed by atoms with Gasteiger partial charge in [0.15, 0.2) is 0 Å². The second kappa shape index (κ2) is 6.09. The van der Waals surface area contributed by atoms with Crippen molar-refractivity contribution < 1.29 is 23.8 Å². The summed E-state index contributed by atoms with van der Waals surface area (Å²) in [6.07, 6.45) is 1.70. The molecule has 0 aromatic heterocycles. The Labute approximate surface area is 140 Å². The van der Waals surface area contributed by atoms with Crippen molar-refractivity contribution in [1.82, 2.24) is 4.90 Å². The monoisotopic (exact) mass is 335 g/mol. The van der Waals surface area contributed by atoms with Gasteiger partial charge in [0.25, 0.3) is 0 Å². The zero-order valence-electron chi connectivity index (χ0n) is 14.1. The van der Waals surface area contributed by atoms with Crippen molar-refractivity contribution in [2.75, 3.05) is 19.7 Å². The summed E-state index contributed by atoms with van der Waals surface area (Å²) in [5, 5.41) is 9.18. The van der Waals surface area contributed by atoms with E-state index in [2.05, 4.69) is 0 Å². The molecule has 1 aromatic rings. The van der Waals surface area contributed by atoms with E-state index in [0.29, 0.717) is 30.8 Å². The van der Waals surface area contributed by atoms with Crippen LogP contribution in [0.15, 0.2) is 17.7 Å². The molecule has 3 rings (SSSR count). The highest BCUT2D eigenvalue weighted by Crippen LogP contribution is 2.32. The van der Waals surface area contributed by atoms with E-state index in [4.69, 9.17) is 9.47 Å². The maximum Gasteiger partial charge on any atom is 0.410 e. The highest BCUT2D eigenvalue weighted by atomic mass is 19.1. The maximum absolute atomic E-state index is 14.1. The molecule has 0 bridgehead atoms. The fourth-order valence-corrected chi connectivity index (χ4v) is 2.80. The Balaban J connectivity index is 1.59. The van der Waals surface area contributed by atoms with E-state index in [1.54, 1.807) is 17.0 Å². The number of fused-ring (bicyclic) bond motifs is 1. The normalized spacial score (nSPS) is 17.2. The average molecular weight is 335 g/mol. The smallest absolute Gasteiger partial charge is 0.410 e. The lowest BCUT2D eigenvalue weighted by molar-refractivity contribution is -0.0222. The van der Waals surface area contributed by atoms with Gasteiger partial charge in [0.2, 0.25) is 0 Å². The first-order valence-corrected chi connectivity index (χ1v) is 8.02. The van der Waals surface area contributed by atoms with Gasteiger partial charge in [-0.1, -0.05) is 6.08 Å². The SMILES string of the molecule is CC(C)(C)OC(=O)N1CC(Oc2cc(F)c3c(c2)C=C(CO)C3)C1. The standard InChI is InChI=1S/C18H22FNO4/c1-18(2,3)24-17(22)20-8-14(9-20)23-13-6-12-4-11(10-21)5-15(12)16(19)7-13/h4,6-7,14,21H,5,8-10H2,1-3H3. The largest absolute Gasteiger partial charge is 0.487 e. The van der Waals surface area contributed by atoms with Gasteiger partial charge in [-0.05, 0) is 50.0 Å². The van der Waals surface area contributed by atoms with Crippen molar-refractivity contribution >= 4 is 12.2 Å². The van der Waals surface area contributed by atoms with Crippen LogP contribution in [0.25, 0.3) is 6.08 Å². The molecule has 0 atom stereocenters. The molecule has 1 N–H and O–H groups in total. The predicted molar refractivity (Wildman–Crippen MR) is 87.4 cm³/mol. The van der Waals surface area contributed by atoms with Crippen molar-refractivity contribution in [1.29, 1.82) is 0 Å². The zero-order chi connectivity index (χ0) is 17.5. The minimum atomic E-state index is -0.525. The first kappa shape index (κ1) is 16.8. The van der Waals surface area contributed by atoms with Crippen LogP contribution in [0.2, 0.25) is 0 Å². The number of carbonyl (C=O) groups is 1. The fraction of sp³-hybridized carbons (Fsp3) is 0.500. The van der Waals surface area contributed by atoms with Crippen molar-refractivity contribution in [2.45, 2.75) is 38.9 Å². The van der Waals surface area contributed by atoms with Crippen molar-refractivity contribution in [3.63, 3.8) is 0 Å². The Morgan fingerprint density at radius 1 is 1.38 bits per heavy atom. The van der Waals surface area contributed by atoms with Gasteiger partial charge >= 0.3 is 6.09 Å². The molecule has 0 unspecified atom stereocenters. The molecule has 1 aliphatic carbocycles. The molecule has 1 aromatic carbocycles. The number of hydrogen-bond donors (Lipinski definition) is 1. The highest BCUT2D eigenvalue weighted by molar-refractivity contribution is 5.69. The third-order valence-corrected chi connectivity index (χ3v) is 3.97. The Bertz CT molecular complexity index is 687. The number of nitrogens with zero attached hydrogens (tertiary/aromatic N) is 1. The second-order valence-electron chi connectivity index (χ2n) is 7.24. The van der Waals surface area contributed by atoms with E-state index in [-0.39, 0.29) is 24.6 Å². The zero-order valence-corrected chi connectivity index (χ0v) is 14.1. The second-order valence-corrected chi connectivity index (χ2v) is 7.24. The van der Waals surface area contributed by atoms with E-state index < -0.39 is 5.60 Å². The van der Waals surface area contributed by atoms with E-state index in [0.717, 1.165) is 11.1 Å². The number of benzene rings is 1. The van der Waals surface area contributed by atoms with Crippen LogP contribution in [0.3, 0.4) is 0 Å². The van der Waals surface area contributed by atoms with Gasteiger partial charge in [-0.25, -0.2) is 9.18 Å². The molecule has 0 radical (unpaired) electrons. The molecule has 1 fully saturated rings. The summed E-state index contributed by atoms with van der Waals surface area (Å²) in [6, 6.07) is 3.14. The maximum atomic E-state index is 14.1. The quantitative estimate of drug-likeness (QED) is 0.923. The number of halogens is 1. The molecule has 1 heterocycles. The van der Waals surface area contributed by atoms with E-state index in [1.807, 2.05) is 20.8 Å². The molecule has 1 amide bonds. The molecule has 1 aliphatic heterocycles. The van der Waals surface area contributed by atoms with Crippen molar-refractivity contribution in [3.8, 4) is 5.75 Å². The summed E-state index contributed by atoms with van der Waals surface area (Å²) in [5.41, 5.74) is 1.61. The lowest BCUT2D eigenvalue weighted by Gasteiger charge is -2.39. The summed E-state index contributed by atoms with van der Waals surface area (Å²) in [6.45, 7) is 6.23. The number of rotatable bonds is 3. The lowest BCUT2D eigenvalue weighted by Crippen LogP contribution is -2.57. The minimum Gasteiger partial charge on any atom is -0.487 e. The number of carbonyl (C=O) groups excluding carboxylic acids is 1. The van der Waals surface area contributed by atoms with Crippen LogP contribution >= 0.6 is 0 Å². The van der Waals surface area contributed by atoms with E-state index >= 15 is 0 Å². The Morgan fingerprint density at radius 2 is 2.08 bits per heavy atom. The highest BCUT2D eigenvalue weighted by Gasteiger charge is 2.35. The first-order chi connectivity index (χ1) is 11.2. The van der Waals surface area contributed by atoms with Gasteiger partial charge in [-0.3, -0.25) is 0 Å². The summed E-state index contributed by atoms with van der Waals surface area (Å²) in [5.74, 6) is 0.112. The average Bonchev–Trinajstić information content (AvgIpc) is 2.84. The molecule has 0 spiro atoms. The number of hydrogen-bond acceptors (Lipinski definition) is 4. The summed E-state index contributed by atoms with van der Waals surface area (Å²) < 4.78 is 25.2. The summed E-state index contributed by atoms with van der Waals surface area (Å²) in [4.78, 5) is 13.4. The van der Waals surface area contributed by atoms with Gasteiger partial charge in [0.05, 0.1) is 19.7 Å². The van der Waals surface area contributed by atoms with Gasteiger partial charge in [-0.2, -0.15) is 0 Å². The van der Waals surface area contributed by atoms with Gasteiger partial charge < -0.3 is 19.5 Å². The molecule has 0 saturated carbocycles. The van der Waals surface area contributed by atoms with Crippen LogP contribution in [-0.4, -0.2) is 47.5 Å². The van der Waals surface area contributed by atoms with E-state index in [9.17, 15) is 14.3 Å². The first-order valence-electron chi connectivity index (χ1n) is 8.02. The molecular weight excluding hydrogens is 313 g/mol. The number of amides is 1. The molecule has 1 saturated heterocycles. The Kier molecular flexibility index (Phi) is 4.25. The van der Waals surface area contributed by atoms with Gasteiger partial charge in [0, 0.05) is 6.07 Å². The summed E-state index contributed by atoms with van der Waals surface area (Å²) in [7, 11) is 0. The van der Waals surface area contributed by atoms with Crippen molar-refractivity contribution in [3.05, 3.63) is 34.6 Å². The molecule has 6 heteroatoms. The van der Waals surface area contributed by atoms with Crippen LogP contribution in [-0.2, 0) is 11.2 Å². The van der Waals surface area contributed by atoms with Crippen LogP contribution in [0.4, 0.5) is 9.18 Å². The number of aliphatic hydroxyl groups is 1. The minimum absolute atomic E-state index is 0.0716. The molecular formula is C18H22FNO4. The molecule has 24 heavy (non-hydrogen) atoms. The third-order valence-electron chi connectivity index (χ3n) is 3.97.